The monoisotopic (exact) mass is 150 g/mol. The fraction of sp³-hybridized carbons (Fsp3) is 0.111. The fourth-order valence-corrected chi connectivity index (χ4v) is 0.816. The summed E-state index contributed by atoms with van der Waals surface area (Å²) in [5.74, 6) is 1.32. The maximum atomic E-state index is 12.8. The number of allylic oxidation sites excluding steroid dienone is 1. The summed E-state index contributed by atoms with van der Waals surface area (Å²) in [4.78, 5) is 9.79. The molecule has 0 radical (unpaired) electrons. The summed E-state index contributed by atoms with van der Waals surface area (Å²) in [5.41, 5.74) is 0.524. The van der Waals surface area contributed by atoms with Crippen molar-refractivity contribution in [1.82, 2.24) is 0 Å². The van der Waals surface area contributed by atoms with Gasteiger partial charge in [-0.05, 0) is 11.6 Å². The first-order chi connectivity index (χ1) is 5.34. The van der Waals surface area contributed by atoms with Crippen LogP contribution in [0.3, 0.4) is 0 Å². The van der Waals surface area contributed by atoms with Gasteiger partial charge in [-0.25, -0.2) is 9.18 Å². The van der Waals surface area contributed by atoms with Gasteiger partial charge in [0.2, 0.25) is 0 Å². The molecule has 0 aliphatic carbocycles. The standard InChI is InChI=1S/C9H7FO/c10-9-6-2-1-4-8(9)5-3-7-11/h1-4,6H,5H2. The Morgan fingerprint density at radius 2 is 2.18 bits per heavy atom. The lowest BCUT2D eigenvalue weighted by Crippen LogP contribution is -1.86. The number of rotatable bonds is 2. The molecule has 56 valence electrons. The molecule has 2 heteroatoms. The quantitative estimate of drug-likeness (QED) is 0.587. The van der Waals surface area contributed by atoms with Crippen LogP contribution in [0.1, 0.15) is 5.56 Å². The molecule has 0 heterocycles. The second kappa shape index (κ2) is 3.69. The normalized spacial score (nSPS) is 8.82. The van der Waals surface area contributed by atoms with Crippen molar-refractivity contribution in [2.45, 2.75) is 6.42 Å². The first-order valence-electron chi connectivity index (χ1n) is 3.27. The van der Waals surface area contributed by atoms with E-state index in [2.05, 4.69) is 0 Å². The molecule has 0 bridgehead atoms. The lowest BCUT2D eigenvalue weighted by Gasteiger charge is -1.95. The first-order valence-corrected chi connectivity index (χ1v) is 3.27. The summed E-state index contributed by atoms with van der Waals surface area (Å²) in [6.45, 7) is 0. The molecule has 0 aliphatic heterocycles. The first kappa shape index (κ1) is 7.70. The van der Waals surface area contributed by atoms with Crippen LogP contribution >= 0.6 is 0 Å². The molecular weight excluding hydrogens is 143 g/mol. The maximum absolute atomic E-state index is 12.8. The Bertz CT molecular complexity index is 287. The van der Waals surface area contributed by atoms with E-state index in [0.717, 1.165) is 0 Å². The van der Waals surface area contributed by atoms with E-state index in [9.17, 15) is 9.18 Å². The Morgan fingerprint density at radius 3 is 2.82 bits per heavy atom. The molecule has 1 rings (SSSR count). The molecule has 0 saturated heterocycles. The van der Waals surface area contributed by atoms with Gasteiger partial charge in [-0.1, -0.05) is 18.2 Å². The van der Waals surface area contributed by atoms with Crippen LogP contribution in [0.25, 0.3) is 0 Å². The van der Waals surface area contributed by atoms with Crippen LogP contribution in [0, 0.1) is 5.82 Å². The molecule has 0 aromatic heterocycles. The summed E-state index contributed by atoms with van der Waals surface area (Å²) >= 11 is 0. The van der Waals surface area contributed by atoms with Crippen LogP contribution < -0.4 is 0 Å². The van der Waals surface area contributed by atoms with E-state index in [4.69, 9.17) is 0 Å². The molecule has 11 heavy (non-hydrogen) atoms. The minimum absolute atomic E-state index is 0.279. The Kier molecular flexibility index (Phi) is 2.59. The molecule has 1 aromatic rings. The van der Waals surface area contributed by atoms with Gasteiger partial charge >= 0.3 is 0 Å². The predicted octanol–water partition coefficient (Wildman–Crippen LogP) is 1.76. The summed E-state index contributed by atoms with van der Waals surface area (Å²) < 4.78 is 12.8. The van der Waals surface area contributed by atoms with Crippen molar-refractivity contribution in [3.63, 3.8) is 0 Å². The lowest BCUT2D eigenvalue weighted by molar-refractivity contribution is 0.568. The van der Waals surface area contributed by atoms with E-state index in [1.54, 1.807) is 24.1 Å². The molecular formula is C9H7FO. The minimum atomic E-state index is -0.279. The summed E-state index contributed by atoms with van der Waals surface area (Å²) in [6, 6.07) is 6.36. The molecule has 0 atom stereocenters. The van der Waals surface area contributed by atoms with Gasteiger partial charge in [0.15, 0.2) is 0 Å². The molecule has 1 aromatic carbocycles. The van der Waals surface area contributed by atoms with Crippen molar-refractivity contribution in [2.24, 2.45) is 0 Å². The molecule has 0 N–H and O–H groups in total. The van der Waals surface area contributed by atoms with Crippen LogP contribution in [-0.4, -0.2) is 5.94 Å². The molecule has 0 saturated carbocycles. The van der Waals surface area contributed by atoms with Gasteiger partial charge in [-0.2, -0.15) is 0 Å². The van der Waals surface area contributed by atoms with Crippen molar-refractivity contribution in [3.8, 4) is 0 Å². The lowest BCUT2D eigenvalue weighted by atomic mass is 10.1. The smallest absolute Gasteiger partial charge is 0.126 e. The van der Waals surface area contributed by atoms with Crippen LogP contribution in [0.4, 0.5) is 4.39 Å². The third-order valence-corrected chi connectivity index (χ3v) is 1.36. The highest BCUT2D eigenvalue weighted by Crippen LogP contribution is 2.06. The predicted molar refractivity (Wildman–Crippen MR) is 40.4 cm³/mol. The molecule has 0 amide bonds. The van der Waals surface area contributed by atoms with Crippen LogP contribution in [0.15, 0.2) is 30.3 Å². The molecule has 0 fully saturated rings. The molecule has 0 aliphatic rings. The van der Waals surface area contributed by atoms with E-state index in [0.29, 0.717) is 12.0 Å². The third kappa shape index (κ3) is 2.03. The van der Waals surface area contributed by atoms with E-state index in [1.165, 1.54) is 12.1 Å². The van der Waals surface area contributed by atoms with Crippen molar-refractivity contribution in [1.29, 1.82) is 0 Å². The number of benzene rings is 1. The minimum Gasteiger partial charge on any atom is -0.234 e. The van der Waals surface area contributed by atoms with E-state index in [1.807, 2.05) is 0 Å². The van der Waals surface area contributed by atoms with Gasteiger partial charge in [0.05, 0.1) is 0 Å². The van der Waals surface area contributed by atoms with Gasteiger partial charge in [-0.15, -0.1) is 0 Å². The highest BCUT2D eigenvalue weighted by Gasteiger charge is 1.96. The van der Waals surface area contributed by atoms with Crippen molar-refractivity contribution >= 4 is 5.94 Å². The zero-order valence-corrected chi connectivity index (χ0v) is 5.88. The topological polar surface area (TPSA) is 17.1 Å². The van der Waals surface area contributed by atoms with Gasteiger partial charge in [0, 0.05) is 12.5 Å². The van der Waals surface area contributed by atoms with Crippen LogP contribution in [0.2, 0.25) is 0 Å². The van der Waals surface area contributed by atoms with Gasteiger partial charge in [-0.3, -0.25) is 0 Å². The number of halogens is 1. The average molecular weight is 150 g/mol. The third-order valence-electron chi connectivity index (χ3n) is 1.36. The van der Waals surface area contributed by atoms with Crippen LogP contribution in [-0.2, 0) is 11.2 Å². The highest BCUT2D eigenvalue weighted by molar-refractivity contribution is 5.46. The summed E-state index contributed by atoms with van der Waals surface area (Å²) in [6.07, 6.45) is 1.58. The van der Waals surface area contributed by atoms with E-state index < -0.39 is 0 Å². The van der Waals surface area contributed by atoms with E-state index >= 15 is 0 Å². The maximum Gasteiger partial charge on any atom is 0.126 e. The Morgan fingerprint density at radius 1 is 1.45 bits per heavy atom. The highest BCUT2D eigenvalue weighted by atomic mass is 19.1. The molecule has 0 spiro atoms. The number of hydrogen-bond donors (Lipinski definition) is 0. The zero-order valence-electron chi connectivity index (χ0n) is 5.88. The van der Waals surface area contributed by atoms with E-state index in [-0.39, 0.29) is 5.82 Å². The van der Waals surface area contributed by atoms with Gasteiger partial charge in [0.1, 0.15) is 11.8 Å². The second-order valence-electron chi connectivity index (χ2n) is 2.12. The number of carbonyl (C=O) groups excluding carboxylic acids is 1. The molecule has 1 nitrogen and oxygen atoms in total. The van der Waals surface area contributed by atoms with Crippen molar-refractivity contribution < 1.29 is 9.18 Å². The Labute approximate surface area is 64.2 Å². The zero-order chi connectivity index (χ0) is 8.10. The fourth-order valence-electron chi connectivity index (χ4n) is 0.816. The van der Waals surface area contributed by atoms with Crippen molar-refractivity contribution in [2.75, 3.05) is 0 Å². The Hall–Kier alpha value is -1.40. The summed E-state index contributed by atoms with van der Waals surface area (Å²) in [7, 11) is 0. The van der Waals surface area contributed by atoms with Gasteiger partial charge in [0.25, 0.3) is 0 Å². The average Bonchev–Trinajstić information content (AvgIpc) is 2.03. The number of hydrogen-bond acceptors (Lipinski definition) is 1. The summed E-state index contributed by atoms with van der Waals surface area (Å²) in [5, 5.41) is 0. The van der Waals surface area contributed by atoms with Crippen molar-refractivity contribution in [3.05, 3.63) is 41.7 Å². The SMILES string of the molecule is O=C=CCc1ccccc1F. The Balaban J connectivity index is 2.85. The molecule has 0 unspecified atom stereocenters. The largest absolute Gasteiger partial charge is 0.234 e. The van der Waals surface area contributed by atoms with Gasteiger partial charge < -0.3 is 0 Å². The van der Waals surface area contributed by atoms with Crippen LogP contribution in [0.5, 0.6) is 0 Å². The second-order valence-corrected chi connectivity index (χ2v) is 2.12.